The summed E-state index contributed by atoms with van der Waals surface area (Å²) in [6, 6.07) is 0. The molecule has 0 aromatic rings. The van der Waals surface area contributed by atoms with Gasteiger partial charge in [0.2, 0.25) is 0 Å². The molecule has 0 heterocycles. The van der Waals surface area contributed by atoms with Gasteiger partial charge in [-0.05, 0) is 77.0 Å². The molecule has 348 valence electrons. The van der Waals surface area contributed by atoms with Crippen molar-refractivity contribution in [3.05, 3.63) is 60.8 Å². The first-order valence-electron chi connectivity index (χ1n) is 24.0. The van der Waals surface area contributed by atoms with Gasteiger partial charge in [0.15, 0.2) is 6.10 Å². The minimum Gasteiger partial charge on any atom is -0.462 e. The Bertz CT molecular complexity index is 1210. The molecule has 0 saturated carbocycles. The number of esters is 2. The van der Waals surface area contributed by atoms with Gasteiger partial charge in [-0.2, -0.15) is 0 Å². The molecule has 1 N–H and O–H groups in total. The molecule has 0 fully saturated rings. The Balaban J connectivity index is 4.30. The van der Waals surface area contributed by atoms with Crippen molar-refractivity contribution in [1.82, 2.24) is 0 Å². The molecule has 2 atom stereocenters. The van der Waals surface area contributed by atoms with Crippen molar-refractivity contribution in [3.8, 4) is 0 Å². The van der Waals surface area contributed by atoms with Crippen LogP contribution >= 0.6 is 7.82 Å². The zero-order valence-corrected chi connectivity index (χ0v) is 40.1. The molecular weight excluding hydrogens is 774 g/mol. The van der Waals surface area contributed by atoms with Crippen LogP contribution < -0.4 is 0 Å². The summed E-state index contributed by atoms with van der Waals surface area (Å²) in [4.78, 5) is 35.4. The maximum atomic E-state index is 12.7. The van der Waals surface area contributed by atoms with Gasteiger partial charge in [0.1, 0.15) is 19.8 Å². The maximum Gasteiger partial charge on any atom is 0.472 e. The normalized spacial score (nSPS) is 14.0. The SMILES string of the molecule is CCC/C=C\C/C=C\CCCCCCCC(=O)OCC(COP(=O)(O)OCC[N+](C)(C)C)OC(=O)CCCCCCCCCC/C=C\C/C=C\C/C=C\CCCCCCC. The van der Waals surface area contributed by atoms with E-state index in [1.54, 1.807) is 0 Å². The van der Waals surface area contributed by atoms with Gasteiger partial charge in [-0.1, -0.05) is 164 Å². The first-order chi connectivity index (χ1) is 29.0. The number of quaternary nitrogens is 1. The van der Waals surface area contributed by atoms with Crippen LogP contribution in [-0.2, 0) is 32.7 Å². The van der Waals surface area contributed by atoms with Gasteiger partial charge in [-0.25, -0.2) is 4.57 Å². The molecule has 0 aromatic heterocycles. The minimum absolute atomic E-state index is 0.0253. The van der Waals surface area contributed by atoms with Gasteiger partial charge in [0.25, 0.3) is 0 Å². The Morgan fingerprint density at radius 1 is 0.517 bits per heavy atom. The highest BCUT2D eigenvalue weighted by atomic mass is 31.2. The van der Waals surface area contributed by atoms with Crippen molar-refractivity contribution < 1.29 is 42.1 Å². The van der Waals surface area contributed by atoms with Crippen molar-refractivity contribution >= 4 is 19.8 Å². The van der Waals surface area contributed by atoms with Gasteiger partial charge in [0.05, 0.1) is 27.7 Å². The molecule has 0 aromatic carbocycles. The second-order valence-electron chi connectivity index (χ2n) is 17.1. The number of ether oxygens (including phenoxy) is 2. The summed E-state index contributed by atoms with van der Waals surface area (Å²) in [6.07, 6.45) is 51.3. The van der Waals surface area contributed by atoms with Crippen molar-refractivity contribution in [3.63, 3.8) is 0 Å². The highest BCUT2D eigenvalue weighted by Gasteiger charge is 2.27. The molecule has 0 aliphatic rings. The third kappa shape index (κ3) is 45.2. The fourth-order valence-electron chi connectivity index (χ4n) is 6.23. The van der Waals surface area contributed by atoms with Gasteiger partial charge in [-0.3, -0.25) is 18.6 Å². The lowest BCUT2D eigenvalue weighted by atomic mass is 10.1. The Morgan fingerprint density at radius 2 is 0.933 bits per heavy atom. The smallest absolute Gasteiger partial charge is 0.462 e. The number of allylic oxidation sites excluding steroid dienone is 10. The molecule has 0 radical (unpaired) electrons. The molecule has 0 aliphatic heterocycles. The highest BCUT2D eigenvalue weighted by molar-refractivity contribution is 7.47. The Hall–Kier alpha value is -2.29. The molecular formula is C50H91NO8P+. The van der Waals surface area contributed by atoms with E-state index in [1.807, 2.05) is 21.1 Å². The summed E-state index contributed by atoms with van der Waals surface area (Å²) >= 11 is 0. The molecule has 10 heteroatoms. The Labute approximate surface area is 368 Å². The second-order valence-corrected chi connectivity index (χ2v) is 18.6. The van der Waals surface area contributed by atoms with Crippen LogP contribution in [0.3, 0.4) is 0 Å². The number of phosphoric acid groups is 1. The van der Waals surface area contributed by atoms with E-state index >= 15 is 0 Å². The first kappa shape index (κ1) is 57.7. The van der Waals surface area contributed by atoms with Gasteiger partial charge in [-0.15, -0.1) is 0 Å². The Kier molecular flexibility index (Phi) is 40.4. The first-order valence-corrected chi connectivity index (χ1v) is 25.5. The van der Waals surface area contributed by atoms with Crippen LogP contribution in [0.5, 0.6) is 0 Å². The van der Waals surface area contributed by atoms with Crippen LogP contribution in [0.1, 0.15) is 194 Å². The van der Waals surface area contributed by atoms with Crippen molar-refractivity contribution in [2.75, 3.05) is 47.5 Å². The van der Waals surface area contributed by atoms with Gasteiger partial charge >= 0.3 is 19.8 Å². The average molecular weight is 865 g/mol. The predicted octanol–water partition coefficient (Wildman–Crippen LogP) is 14.0. The molecule has 2 unspecified atom stereocenters. The van der Waals surface area contributed by atoms with Gasteiger partial charge < -0.3 is 18.9 Å². The molecule has 60 heavy (non-hydrogen) atoms. The van der Waals surface area contributed by atoms with Crippen LogP contribution in [-0.4, -0.2) is 74.9 Å². The maximum absolute atomic E-state index is 12.7. The Morgan fingerprint density at radius 3 is 1.40 bits per heavy atom. The van der Waals surface area contributed by atoms with E-state index < -0.39 is 26.5 Å². The largest absolute Gasteiger partial charge is 0.472 e. The van der Waals surface area contributed by atoms with E-state index in [9.17, 15) is 19.0 Å². The number of carbonyl (C=O) groups excluding carboxylic acids is 2. The van der Waals surface area contributed by atoms with E-state index in [4.69, 9.17) is 18.5 Å². The van der Waals surface area contributed by atoms with E-state index in [0.29, 0.717) is 17.4 Å². The third-order valence-electron chi connectivity index (χ3n) is 10.0. The summed E-state index contributed by atoms with van der Waals surface area (Å²) in [7, 11) is 1.46. The monoisotopic (exact) mass is 865 g/mol. The highest BCUT2D eigenvalue weighted by Crippen LogP contribution is 2.43. The number of nitrogens with zero attached hydrogens (tertiary/aromatic N) is 1. The number of carbonyl (C=O) groups is 2. The standard InChI is InChI=1S/C50H90NO8P/c1-6-8-10-12-14-16-18-20-21-22-23-24-25-26-27-28-29-31-33-35-37-39-41-43-50(53)59-48(47-58-60(54,55)57-45-44-51(3,4)5)46-56-49(52)42-40-38-36-34-32-30-19-17-15-13-11-9-7-2/h11,13,17-20,22-23,25-26,48H,6-10,12,14-16,21,24,27-47H2,1-5H3/p+1/b13-11-,19-17-,20-18-,23-22-,26-25-. The second kappa shape index (κ2) is 42.0. The van der Waals surface area contributed by atoms with E-state index in [-0.39, 0.29) is 32.0 Å². The number of rotatable bonds is 43. The number of hydrogen-bond donors (Lipinski definition) is 1. The van der Waals surface area contributed by atoms with Gasteiger partial charge in [0, 0.05) is 12.8 Å². The van der Waals surface area contributed by atoms with Crippen LogP contribution in [0.15, 0.2) is 60.8 Å². The zero-order chi connectivity index (χ0) is 44.3. The molecule has 0 bridgehead atoms. The number of likely N-dealkylation sites (N-methyl/N-ethyl adjacent to an activating group) is 1. The molecule has 0 amide bonds. The zero-order valence-electron chi connectivity index (χ0n) is 39.2. The molecule has 0 saturated heterocycles. The number of hydrogen-bond acceptors (Lipinski definition) is 7. The van der Waals surface area contributed by atoms with Crippen LogP contribution in [0, 0.1) is 0 Å². The average Bonchev–Trinajstić information content (AvgIpc) is 3.20. The van der Waals surface area contributed by atoms with Crippen molar-refractivity contribution in [2.45, 2.75) is 200 Å². The molecule has 9 nitrogen and oxygen atoms in total. The van der Waals surface area contributed by atoms with E-state index in [1.165, 1.54) is 70.6 Å². The molecule has 0 aliphatic carbocycles. The third-order valence-corrected chi connectivity index (χ3v) is 11.0. The van der Waals surface area contributed by atoms with E-state index in [0.717, 1.165) is 89.9 Å². The van der Waals surface area contributed by atoms with Crippen LogP contribution in [0.2, 0.25) is 0 Å². The molecule has 0 spiro atoms. The van der Waals surface area contributed by atoms with Crippen LogP contribution in [0.4, 0.5) is 0 Å². The topological polar surface area (TPSA) is 108 Å². The summed E-state index contributed by atoms with van der Waals surface area (Å²) in [5.74, 6) is -0.826. The predicted molar refractivity (Wildman–Crippen MR) is 252 cm³/mol. The van der Waals surface area contributed by atoms with Crippen molar-refractivity contribution in [2.24, 2.45) is 0 Å². The van der Waals surface area contributed by atoms with Crippen molar-refractivity contribution in [1.29, 1.82) is 0 Å². The lowest BCUT2D eigenvalue weighted by molar-refractivity contribution is -0.870. The summed E-state index contributed by atoms with van der Waals surface area (Å²) in [5.41, 5.74) is 0. The number of phosphoric ester groups is 1. The van der Waals surface area contributed by atoms with E-state index in [2.05, 4.69) is 74.6 Å². The lowest BCUT2D eigenvalue weighted by Crippen LogP contribution is -2.37. The fraction of sp³-hybridized carbons (Fsp3) is 0.760. The molecule has 0 rings (SSSR count). The quantitative estimate of drug-likeness (QED) is 0.0212. The lowest BCUT2D eigenvalue weighted by Gasteiger charge is -2.24. The summed E-state index contributed by atoms with van der Waals surface area (Å²) in [6.45, 7) is 4.32. The number of unbranched alkanes of at least 4 members (excludes halogenated alkanes) is 19. The minimum atomic E-state index is -4.38. The fourth-order valence-corrected chi connectivity index (χ4v) is 6.98. The summed E-state index contributed by atoms with van der Waals surface area (Å²) < 4.78 is 34.3. The van der Waals surface area contributed by atoms with Crippen LogP contribution in [0.25, 0.3) is 0 Å². The summed E-state index contributed by atoms with van der Waals surface area (Å²) in [5, 5.41) is 0.